The van der Waals surface area contributed by atoms with Crippen molar-refractivity contribution in [3.63, 3.8) is 0 Å². The second-order valence-electron chi connectivity index (χ2n) is 6.31. The molecule has 28 heavy (non-hydrogen) atoms. The molecule has 0 fully saturated rings. The molecule has 0 saturated carbocycles. The van der Waals surface area contributed by atoms with E-state index in [1.165, 1.54) is 0 Å². The number of anilines is 1. The average molecular weight is 389 g/mol. The fourth-order valence-corrected chi connectivity index (χ4v) is 2.97. The van der Waals surface area contributed by atoms with Gasteiger partial charge < -0.3 is 5.32 Å². The summed E-state index contributed by atoms with van der Waals surface area (Å²) in [5, 5.41) is 7.68. The molecule has 4 rings (SSSR count). The standard InChI is InChI=1S/C22H17ClN4O/c1-15-11-13-16(14-12-15)21-25-20(26-27(21)17-7-3-2-4-8-17)22(28)24-19-10-6-5-9-18(19)23/h2-14H,1H3,(H,24,28). The molecule has 0 spiro atoms. The van der Waals surface area contributed by atoms with Crippen molar-refractivity contribution in [1.82, 2.24) is 14.8 Å². The van der Waals surface area contributed by atoms with Crippen molar-refractivity contribution in [2.24, 2.45) is 0 Å². The quantitative estimate of drug-likeness (QED) is 0.526. The monoisotopic (exact) mass is 388 g/mol. The van der Waals surface area contributed by atoms with Crippen LogP contribution in [0.1, 0.15) is 16.2 Å². The first kappa shape index (κ1) is 17.9. The van der Waals surface area contributed by atoms with E-state index in [9.17, 15) is 4.79 Å². The molecule has 138 valence electrons. The van der Waals surface area contributed by atoms with E-state index >= 15 is 0 Å². The van der Waals surface area contributed by atoms with Crippen molar-refractivity contribution in [2.75, 3.05) is 5.32 Å². The smallest absolute Gasteiger partial charge is 0.295 e. The minimum atomic E-state index is -0.420. The van der Waals surface area contributed by atoms with Gasteiger partial charge >= 0.3 is 0 Å². The van der Waals surface area contributed by atoms with Gasteiger partial charge in [-0.2, -0.15) is 0 Å². The number of carbonyl (C=O) groups is 1. The predicted molar refractivity (Wildman–Crippen MR) is 111 cm³/mol. The highest BCUT2D eigenvalue weighted by atomic mass is 35.5. The number of rotatable bonds is 4. The molecule has 0 saturated heterocycles. The van der Waals surface area contributed by atoms with Crippen molar-refractivity contribution >= 4 is 23.2 Å². The lowest BCUT2D eigenvalue weighted by molar-refractivity contribution is 0.101. The molecular formula is C22H17ClN4O. The molecule has 0 atom stereocenters. The Labute approximate surface area is 167 Å². The van der Waals surface area contributed by atoms with Gasteiger partial charge in [-0.05, 0) is 31.2 Å². The summed E-state index contributed by atoms with van der Waals surface area (Å²) in [5.41, 5.74) is 3.36. The molecule has 0 aliphatic heterocycles. The Morgan fingerprint density at radius 2 is 1.61 bits per heavy atom. The SMILES string of the molecule is Cc1ccc(-c2nc(C(=O)Nc3ccccc3Cl)nn2-c2ccccc2)cc1. The Bertz CT molecular complexity index is 1120. The Balaban J connectivity index is 1.76. The summed E-state index contributed by atoms with van der Waals surface area (Å²) in [6, 6.07) is 24.6. The van der Waals surface area contributed by atoms with Gasteiger partial charge in [0.25, 0.3) is 5.91 Å². The molecule has 0 radical (unpaired) electrons. The van der Waals surface area contributed by atoms with Crippen molar-refractivity contribution in [2.45, 2.75) is 6.92 Å². The van der Waals surface area contributed by atoms with E-state index in [2.05, 4.69) is 15.4 Å². The topological polar surface area (TPSA) is 59.8 Å². The first-order valence-electron chi connectivity index (χ1n) is 8.77. The highest BCUT2D eigenvalue weighted by Crippen LogP contribution is 2.24. The number of nitrogens with zero attached hydrogens (tertiary/aromatic N) is 3. The lowest BCUT2D eigenvalue weighted by Gasteiger charge is -2.05. The van der Waals surface area contributed by atoms with Gasteiger partial charge in [-0.15, -0.1) is 5.10 Å². The highest BCUT2D eigenvalue weighted by Gasteiger charge is 2.19. The summed E-state index contributed by atoms with van der Waals surface area (Å²) in [4.78, 5) is 17.2. The van der Waals surface area contributed by atoms with Crippen LogP contribution >= 0.6 is 11.6 Å². The number of amides is 1. The van der Waals surface area contributed by atoms with Gasteiger partial charge in [0, 0.05) is 5.56 Å². The zero-order chi connectivity index (χ0) is 19.5. The molecule has 1 amide bonds. The highest BCUT2D eigenvalue weighted by molar-refractivity contribution is 6.33. The second-order valence-corrected chi connectivity index (χ2v) is 6.71. The molecule has 4 aromatic rings. The molecule has 1 heterocycles. The van der Waals surface area contributed by atoms with Gasteiger partial charge in [-0.25, -0.2) is 9.67 Å². The van der Waals surface area contributed by atoms with Crippen LogP contribution in [0.5, 0.6) is 0 Å². The van der Waals surface area contributed by atoms with Gasteiger partial charge in [0.15, 0.2) is 5.82 Å². The molecule has 6 heteroatoms. The van der Waals surface area contributed by atoms with Crippen LogP contribution in [-0.2, 0) is 0 Å². The van der Waals surface area contributed by atoms with Crippen molar-refractivity contribution in [3.05, 3.63) is 95.3 Å². The number of hydrogen-bond acceptors (Lipinski definition) is 3. The molecule has 1 N–H and O–H groups in total. The summed E-state index contributed by atoms with van der Waals surface area (Å²) in [7, 11) is 0. The van der Waals surface area contributed by atoms with Crippen LogP contribution in [0.4, 0.5) is 5.69 Å². The van der Waals surface area contributed by atoms with Crippen LogP contribution in [0.2, 0.25) is 5.02 Å². The van der Waals surface area contributed by atoms with E-state index in [-0.39, 0.29) is 5.82 Å². The summed E-state index contributed by atoms with van der Waals surface area (Å²) >= 11 is 6.14. The predicted octanol–water partition coefficient (Wildman–Crippen LogP) is 5.15. The molecule has 1 aromatic heterocycles. The van der Waals surface area contributed by atoms with Crippen LogP contribution in [0.15, 0.2) is 78.9 Å². The van der Waals surface area contributed by atoms with E-state index in [0.717, 1.165) is 16.8 Å². The molecule has 0 bridgehead atoms. The third-order valence-electron chi connectivity index (χ3n) is 4.24. The minimum absolute atomic E-state index is 0.0688. The van der Waals surface area contributed by atoms with Crippen LogP contribution in [0.3, 0.4) is 0 Å². The largest absolute Gasteiger partial charge is 0.318 e. The second kappa shape index (κ2) is 7.66. The van der Waals surface area contributed by atoms with E-state index in [1.807, 2.05) is 61.5 Å². The fraction of sp³-hybridized carbons (Fsp3) is 0.0455. The normalized spacial score (nSPS) is 10.6. The maximum absolute atomic E-state index is 12.7. The molecule has 5 nitrogen and oxygen atoms in total. The summed E-state index contributed by atoms with van der Waals surface area (Å²) in [6.45, 7) is 2.02. The van der Waals surface area contributed by atoms with Crippen LogP contribution in [0, 0.1) is 6.92 Å². The van der Waals surface area contributed by atoms with Gasteiger partial charge in [-0.1, -0.05) is 71.8 Å². The Kier molecular flexibility index (Phi) is 4.91. The lowest BCUT2D eigenvalue weighted by Crippen LogP contribution is -2.14. The molecule has 0 aliphatic carbocycles. The van der Waals surface area contributed by atoms with Crippen LogP contribution < -0.4 is 5.32 Å². The first-order valence-corrected chi connectivity index (χ1v) is 9.15. The van der Waals surface area contributed by atoms with Crippen molar-refractivity contribution in [1.29, 1.82) is 0 Å². The summed E-state index contributed by atoms with van der Waals surface area (Å²) < 4.78 is 1.67. The number of hydrogen-bond donors (Lipinski definition) is 1. The minimum Gasteiger partial charge on any atom is -0.318 e. The van der Waals surface area contributed by atoms with E-state index in [1.54, 1.807) is 28.9 Å². The van der Waals surface area contributed by atoms with Gasteiger partial charge in [-0.3, -0.25) is 4.79 Å². The number of para-hydroxylation sites is 2. The number of aryl methyl sites for hydroxylation is 1. The van der Waals surface area contributed by atoms with E-state index in [4.69, 9.17) is 11.6 Å². The third-order valence-corrected chi connectivity index (χ3v) is 4.57. The number of nitrogens with one attached hydrogen (secondary N) is 1. The van der Waals surface area contributed by atoms with Crippen molar-refractivity contribution < 1.29 is 4.79 Å². The number of carbonyl (C=O) groups excluding carboxylic acids is 1. The Morgan fingerprint density at radius 1 is 0.929 bits per heavy atom. The average Bonchev–Trinajstić information content (AvgIpc) is 3.16. The Morgan fingerprint density at radius 3 is 2.32 bits per heavy atom. The zero-order valence-electron chi connectivity index (χ0n) is 15.1. The van der Waals surface area contributed by atoms with Gasteiger partial charge in [0.05, 0.1) is 16.4 Å². The Hall–Kier alpha value is -3.44. The van der Waals surface area contributed by atoms with Crippen LogP contribution in [0.25, 0.3) is 17.1 Å². The number of halogens is 1. The maximum atomic E-state index is 12.7. The molecule has 0 aliphatic rings. The summed E-state index contributed by atoms with van der Waals surface area (Å²) in [5.74, 6) is 0.242. The lowest BCUT2D eigenvalue weighted by atomic mass is 10.1. The van der Waals surface area contributed by atoms with Crippen molar-refractivity contribution in [3.8, 4) is 17.1 Å². The molecule has 3 aromatic carbocycles. The van der Waals surface area contributed by atoms with Gasteiger partial charge in [0.2, 0.25) is 5.82 Å². The van der Waals surface area contributed by atoms with Gasteiger partial charge in [0.1, 0.15) is 0 Å². The fourth-order valence-electron chi connectivity index (χ4n) is 2.79. The summed E-state index contributed by atoms with van der Waals surface area (Å²) in [6.07, 6.45) is 0. The van der Waals surface area contributed by atoms with Crippen LogP contribution in [-0.4, -0.2) is 20.7 Å². The first-order chi connectivity index (χ1) is 13.6. The van der Waals surface area contributed by atoms with E-state index < -0.39 is 5.91 Å². The molecular weight excluding hydrogens is 372 g/mol. The molecule has 0 unspecified atom stereocenters. The zero-order valence-corrected chi connectivity index (χ0v) is 15.9. The maximum Gasteiger partial charge on any atom is 0.295 e. The number of benzene rings is 3. The third kappa shape index (κ3) is 3.66. The van der Waals surface area contributed by atoms with E-state index in [0.29, 0.717) is 16.5 Å². The number of aromatic nitrogens is 3.